The highest BCUT2D eigenvalue weighted by atomic mass is 19.4. The maximum atomic E-state index is 13.2. The first-order chi connectivity index (χ1) is 10.2. The van der Waals surface area contributed by atoms with Crippen LogP contribution in [0.3, 0.4) is 0 Å². The standard InChI is InChI=1S/C14H9F5N2O/c15-7-1-3-9(10(5-7)14(17,18)19)13(22)21-8-2-4-12(20)11(16)6-8/h1-6H,20H2,(H,21,22). The number of carbonyl (C=O) groups is 1. The highest BCUT2D eigenvalue weighted by molar-refractivity contribution is 6.05. The van der Waals surface area contributed by atoms with E-state index in [1.54, 1.807) is 0 Å². The van der Waals surface area contributed by atoms with Gasteiger partial charge in [0.15, 0.2) is 0 Å². The smallest absolute Gasteiger partial charge is 0.396 e. The Morgan fingerprint density at radius 2 is 1.73 bits per heavy atom. The number of rotatable bonds is 2. The van der Waals surface area contributed by atoms with E-state index in [2.05, 4.69) is 5.32 Å². The summed E-state index contributed by atoms with van der Waals surface area (Å²) in [6.45, 7) is 0. The number of nitrogens with two attached hydrogens (primary N) is 1. The molecule has 8 heteroatoms. The van der Waals surface area contributed by atoms with Crippen LogP contribution >= 0.6 is 0 Å². The van der Waals surface area contributed by atoms with Gasteiger partial charge in [-0.15, -0.1) is 0 Å². The van der Waals surface area contributed by atoms with Gasteiger partial charge in [-0.2, -0.15) is 13.2 Å². The first-order valence-electron chi connectivity index (χ1n) is 5.91. The van der Waals surface area contributed by atoms with Crippen molar-refractivity contribution in [3.63, 3.8) is 0 Å². The van der Waals surface area contributed by atoms with E-state index in [-0.39, 0.29) is 17.4 Å². The van der Waals surface area contributed by atoms with Crippen LogP contribution in [0.25, 0.3) is 0 Å². The second-order valence-corrected chi connectivity index (χ2v) is 4.38. The molecular weight excluding hydrogens is 307 g/mol. The summed E-state index contributed by atoms with van der Waals surface area (Å²) in [4.78, 5) is 11.9. The fourth-order valence-electron chi connectivity index (χ4n) is 1.75. The van der Waals surface area contributed by atoms with Crippen LogP contribution in [0.2, 0.25) is 0 Å². The number of anilines is 2. The van der Waals surface area contributed by atoms with Crippen molar-refractivity contribution in [2.24, 2.45) is 0 Å². The Kier molecular flexibility index (Phi) is 4.03. The van der Waals surface area contributed by atoms with Gasteiger partial charge >= 0.3 is 6.18 Å². The number of amides is 1. The largest absolute Gasteiger partial charge is 0.417 e. The molecule has 0 aromatic heterocycles. The molecule has 2 aromatic carbocycles. The van der Waals surface area contributed by atoms with Gasteiger partial charge in [-0.25, -0.2) is 8.78 Å². The maximum absolute atomic E-state index is 13.2. The van der Waals surface area contributed by atoms with Crippen molar-refractivity contribution in [3.05, 3.63) is 59.2 Å². The van der Waals surface area contributed by atoms with Crippen molar-refractivity contribution in [1.29, 1.82) is 0 Å². The van der Waals surface area contributed by atoms with Gasteiger partial charge in [0.25, 0.3) is 5.91 Å². The lowest BCUT2D eigenvalue weighted by atomic mass is 10.1. The number of carbonyl (C=O) groups excluding carboxylic acids is 1. The molecule has 3 N–H and O–H groups in total. The third kappa shape index (κ3) is 3.33. The predicted molar refractivity (Wildman–Crippen MR) is 70.2 cm³/mol. The average molecular weight is 316 g/mol. The van der Waals surface area contributed by atoms with Crippen LogP contribution < -0.4 is 11.1 Å². The molecule has 2 aromatic rings. The van der Waals surface area contributed by atoms with E-state index >= 15 is 0 Å². The van der Waals surface area contributed by atoms with Gasteiger partial charge in [0.1, 0.15) is 11.6 Å². The van der Waals surface area contributed by atoms with E-state index in [1.165, 1.54) is 6.07 Å². The van der Waals surface area contributed by atoms with Gasteiger partial charge in [-0.3, -0.25) is 4.79 Å². The fourth-order valence-corrected chi connectivity index (χ4v) is 1.75. The van der Waals surface area contributed by atoms with Gasteiger partial charge < -0.3 is 11.1 Å². The minimum atomic E-state index is -4.90. The van der Waals surface area contributed by atoms with Gasteiger partial charge in [0, 0.05) is 5.69 Å². The molecule has 0 atom stereocenters. The Morgan fingerprint density at radius 1 is 1.05 bits per heavy atom. The minimum Gasteiger partial charge on any atom is -0.396 e. The first kappa shape index (κ1) is 15.7. The van der Waals surface area contributed by atoms with E-state index in [1.807, 2.05) is 0 Å². The highest BCUT2D eigenvalue weighted by Gasteiger charge is 2.35. The number of nitrogen functional groups attached to an aromatic ring is 1. The summed E-state index contributed by atoms with van der Waals surface area (Å²) in [5.41, 5.74) is 2.82. The Hall–Kier alpha value is -2.64. The van der Waals surface area contributed by atoms with Gasteiger partial charge in [-0.1, -0.05) is 0 Å². The fraction of sp³-hybridized carbons (Fsp3) is 0.0714. The van der Waals surface area contributed by atoms with Gasteiger partial charge in [0.2, 0.25) is 0 Å². The van der Waals surface area contributed by atoms with Crippen molar-refractivity contribution in [2.75, 3.05) is 11.1 Å². The molecule has 22 heavy (non-hydrogen) atoms. The van der Waals surface area contributed by atoms with Crippen LogP contribution in [0.15, 0.2) is 36.4 Å². The predicted octanol–water partition coefficient (Wildman–Crippen LogP) is 3.82. The molecule has 0 radical (unpaired) electrons. The van der Waals surface area contributed by atoms with Crippen LogP contribution in [0.5, 0.6) is 0 Å². The Labute approximate surface area is 121 Å². The molecule has 0 saturated heterocycles. The molecule has 2 rings (SSSR count). The number of alkyl halides is 3. The summed E-state index contributed by atoms with van der Waals surface area (Å²) in [7, 11) is 0. The molecule has 0 saturated carbocycles. The number of hydrogen-bond donors (Lipinski definition) is 2. The highest BCUT2D eigenvalue weighted by Crippen LogP contribution is 2.33. The third-order valence-electron chi connectivity index (χ3n) is 2.79. The van der Waals surface area contributed by atoms with E-state index in [9.17, 15) is 26.7 Å². The van der Waals surface area contributed by atoms with Crippen molar-refractivity contribution >= 4 is 17.3 Å². The molecule has 116 valence electrons. The van der Waals surface area contributed by atoms with Crippen LogP contribution in [-0.2, 0) is 6.18 Å². The lowest BCUT2D eigenvalue weighted by Crippen LogP contribution is -2.19. The quantitative estimate of drug-likeness (QED) is 0.654. The average Bonchev–Trinajstić information content (AvgIpc) is 2.41. The molecular formula is C14H9F5N2O. The summed E-state index contributed by atoms with van der Waals surface area (Å²) in [5.74, 6) is -3.09. The molecule has 0 spiro atoms. The van der Waals surface area contributed by atoms with Crippen molar-refractivity contribution in [3.8, 4) is 0 Å². The van der Waals surface area contributed by atoms with Gasteiger partial charge in [0.05, 0.1) is 16.8 Å². The maximum Gasteiger partial charge on any atom is 0.417 e. The minimum absolute atomic E-state index is 0.0749. The summed E-state index contributed by atoms with van der Waals surface area (Å²) >= 11 is 0. The Bertz CT molecular complexity index is 728. The number of nitrogens with one attached hydrogen (secondary N) is 1. The number of benzene rings is 2. The monoisotopic (exact) mass is 316 g/mol. The molecule has 1 amide bonds. The molecule has 0 aliphatic carbocycles. The zero-order chi connectivity index (χ0) is 16.5. The van der Waals surface area contributed by atoms with Crippen LogP contribution in [0.4, 0.5) is 33.3 Å². The third-order valence-corrected chi connectivity index (χ3v) is 2.79. The normalized spacial score (nSPS) is 11.3. The SMILES string of the molecule is Nc1ccc(NC(=O)c2ccc(F)cc2C(F)(F)F)cc1F. The lowest BCUT2D eigenvalue weighted by Gasteiger charge is -2.13. The molecule has 0 bridgehead atoms. The molecule has 3 nitrogen and oxygen atoms in total. The molecule has 0 aliphatic rings. The van der Waals surface area contributed by atoms with Crippen molar-refractivity contribution in [1.82, 2.24) is 0 Å². The molecule has 0 unspecified atom stereocenters. The second kappa shape index (κ2) is 5.63. The van der Waals surface area contributed by atoms with E-state index in [0.717, 1.165) is 18.2 Å². The molecule has 0 heterocycles. The van der Waals surface area contributed by atoms with Crippen LogP contribution in [0.1, 0.15) is 15.9 Å². The van der Waals surface area contributed by atoms with Crippen LogP contribution in [0, 0.1) is 11.6 Å². The zero-order valence-corrected chi connectivity index (χ0v) is 10.8. The van der Waals surface area contributed by atoms with E-state index < -0.39 is 34.8 Å². The second-order valence-electron chi connectivity index (χ2n) is 4.38. The van der Waals surface area contributed by atoms with Crippen molar-refractivity contribution in [2.45, 2.75) is 6.18 Å². The summed E-state index contributed by atoms with van der Waals surface area (Å²) in [5, 5.41) is 2.10. The summed E-state index contributed by atoms with van der Waals surface area (Å²) < 4.78 is 64.7. The van der Waals surface area contributed by atoms with Crippen LogP contribution in [-0.4, -0.2) is 5.91 Å². The topological polar surface area (TPSA) is 55.1 Å². The van der Waals surface area contributed by atoms with E-state index in [4.69, 9.17) is 5.73 Å². The summed E-state index contributed by atoms with van der Waals surface area (Å²) in [6, 6.07) is 4.91. The lowest BCUT2D eigenvalue weighted by molar-refractivity contribution is -0.138. The van der Waals surface area contributed by atoms with Crippen molar-refractivity contribution < 1.29 is 26.7 Å². The summed E-state index contributed by atoms with van der Waals surface area (Å²) in [6.07, 6.45) is -4.90. The molecule has 0 aliphatic heterocycles. The molecule has 0 fully saturated rings. The van der Waals surface area contributed by atoms with E-state index in [0.29, 0.717) is 6.07 Å². The number of halogens is 5. The zero-order valence-electron chi connectivity index (χ0n) is 10.8. The Balaban J connectivity index is 2.35. The van der Waals surface area contributed by atoms with Gasteiger partial charge in [-0.05, 0) is 36.4 Å². The first-order valence-corrected chi connectivity index (χ1v) is 5.91. The number of hydrogen-bond acceptors (Lipinski definition) is 2. The Morgan fingerprint density at radius 3 is 2.32 bits per heavy atom.